The summed E-state index contributed by atoms with van der Waals surface area (Å²) in [5.41, 5.74) is 3.56. The van der Waals surface area contributed by atoms with E-state index in [4.69, 9.17) is 11.6 Å². The summed E-state index contributed by atoms with van der Waals surface area (Å²) in [6.45, 7) is 6.67. The number of hydrogen-bond donors (Lipinski definition) is 0. The van der Waals surface area contributed by atoms with Gasteiger partial charge in [0, 0.05) is 5.56 Å². The molecule has 0 atom stereocenters. The summed E-state index contributed by atoms with van der Waals surface area (Å²) in [6, 6.07) is 14.6. The first-order valence-electron chi connectivity index (χ1n) is 6.61. The highest BCUT2D eigenvalue weighted by molar-refractivity contribution is 7.21. The molecule has 0 unspecified atom stereocenters. The molecule has 0 bridgehead atoms. The molecule has 1 aromatic heterocycles. The molecule has 102 valence electrons. The van der Waals surface area contributed by atoms with E-state index < -0.39 is 0 Å². The Hall–Kier alpha value is -1.38. The average Bonchev–Trinajstić information content (AvgIpc) is 2.83. The Bertz CT molecular complexity index is 751. The van der Waals surface area contributed by atoms with Gasteiger partial charge in [-0.2, -0.15) is 0 Å². The maximum absolute atomic E-state index is 6.19. The molecule has 0 amide bonds. The normalized spacial score (nSPS) is 12.0. The molecule has 2 aromatic carbocycles. The number of halogens is 1. The van der Waals surface area contributed by atoms with Crippen molar-refractivity contribution in [2.24, 2.45) is 0 Å². The van der Waals surface area contributed by atoms with Crippen LogP contribution < -0.4 is 0 Å². The maximum Gasteiger partial charge on any atom is 0.124 e. The molecule has 0 saturated carbocycles. The summed E-state index contributed by atoms with van der Waals surface area (Å²) >= 11 is 7.87. The molecule has 0 saturated heterocycles. The number of benzene rings is 2. The van der Waals surface area contributed by atoms with Gasteiger partial charge in [0.2, 0.25) is 0 Å². The molecule has 3 aromatic rings. The molecule has 3 rings (SSSR count). The molecule has 0 aliphatic carbocycles. The SMILES string of the molecule is CC(C)(C)c1ccc(-c2nc3c(Cl)cccc3s2)cc1. The Labute approximate surface area is 128 Å². The van der Waals surface area contributed by atoms with Crippen molar-refractivity contribution in [3.05, 3.63) is 53.1 Å². The molecule has 0 aliphatic rings. The van der Waals surface area contributed by atoms with Gasteiger partial charge < -0.3 is 0 Å². The Morgan fingerprint density at radius 1 is 1.00 bits per heavy atom. The smallest absolute Gasteiger partial charge is 0.124 e. The Morgan fingerprint density at radius 3 is 2.30 bits per heavy atom. The van der Waals surface area contributed by atoms with Gasteiger partial charge in [0.15, 0.2) is 0 Å². The molecule has 0 fully saturated rings. The number of fused-ring (bicyclic) bond motifs is 1. The van der Waals surface area contributed by atoms with Gasteiger partial charge >= 0.3 is 0 Å². The minimum atomic E-state index is 0.176. The van der Waals surface area contributed by atoms with Crippen molar-refractivity contribution in [1.29, 1.82) is 0 Å². The Kier molecular flexibility index (Phi) is 3.31. The van der Waals surface area contributed by atoms with Gasteiger partial charge in [0.25, 0.3) is 0 Å². The monoisotopic (exact) mass is 301 g/mol. The molecule has 1 heterocycles. The van der Waals surface area contributed by atoms with E-state index in [2.05, 4.69) is 56.1 Å². The third kappa shape index (κ3) is 2.46. The predicted octanol–water partition coefficient (Wildman–Crippen LogP) is 5.91. The van der Waals surface area contributed by atoms with Crippen LogP contribution in [0.5, 0.6) is 0 Å². The van der Waals surface area contributed by atoms with E-state index in [-0.39, 0.29) is 5.41 Å². The predicted molar refractivity (Wildman–Crippen MR) is 88.8 cm³/mol. The zero-order valence-electron chi connectivity index (χ0n) is 11.8. The lowest BCUT2D eigenvalue weighted by Crippen LogP contribution is -2.10. The van der Waals surface area contributed by atoms with Crippen molar-refractivity contribution in [3.63, 3.8) is 0 Å². The van der Waals surface area contributed by atoms with Gasteiger partial charge in [0.1, 0.15) is 10.5 Å². The number of nitrogens with zero attached hydrogens (tertiary/aromatic N) is 1. The highest BCUT2D eigenvalue weighted by Crippen LogP contribution is 2.34. The third-order valence-corrected chi connectivity index (χ3v) is 4.74. The lowest BCUT2D eigenvalue weighted by Gasteiger charge is -2.18. The summed E-state index contributed by atoms with van der Waals surface area (Å²) in [5, 5.41) is 1.74. The molecule has 0 radical (unpaired) electrons. The van der Waals surface area contributed by atoms with Gasteiger partial charge in [-0.3, -0.25) is 0 Å². The van der Waals surface area contributed by atoms with E-state index in [1.807, 2.05) is 12.1 Å². The van der Waals surface area contributed by atoms with E-state index in [0.29, 0.717) is 0 Å². The van der Waals surface area contributed by atoms with Crippen LogP contribution in [0.4, 0.5) is 0 Å². The van der Waals surface area contributed by atoms with E-state index >= 15 is 0 Å². The molecule has 0 aliphatic heterocycles. The van der Waals surface area contributed by atoms with Gasteiger partial charge in [-0.15, -0.1) is 11.3 Å². The van der Waals surface area contributed by atoms with Crippen LogP contribution in [0.1, 0.15) is 26.3 Å². The van der Waals surface area contributed by atoms with Gasteiger partial charge in [0.05, 0.1) is 9.72 Å². The van der Waals surface area contributed by atoms with Crippen LogP contribution >= 0.6 is 22.9 Å². The first kappa shape index (κ1) is 13.6. The fourth-order valence-corrected chi connectivity index (χ4v) is 3.42. The van der Waals surface area contributed by atoms with Crippen molar-refractivity contribution >= 4 is 33.2 Å². The second kappa shape index (κ2) is 4.87. The van der Waals surface area contributed by atoms with Crippen LogP contribution in [0.15, 0.2) is 42.5 Å². The molecular formula is C17H16ClNS. The summed E-state index contributed by atoms with van der Waals surface area (Å²) in [7, 11) is 0. The first-order valence-corrected chi connectivity index (χ1v) is 7.80. The number of hydrogen-bond acceptors (Lipinski definition) is 2. The maximum atomic E-state index is 6.19. The van der Waals surface area contributed by atoms with Gasteiger partial charge in [-0.1, -0.05) is 62.7 Å². The van der Waals surface area contributed by atoms with Gasteiger partial charge in [-0.25, -0.2) is 4.98 Å². The second-order valence-electron chi connectivity index (χ2n) is 5.93. The Balaban J connectivity index is 2.05. The number of rotatable bonds is 1. The van der Waals surface area contributed by atoms with Crippen LogP contribution in [-0.2, 0) is 5.41 Å². The zero-order valence-corrected chi connectivity index (χ0v) is 13.3. The average molecular weight is 302 g/mol. The van der Waals surface area contributed by atoms with Crippen molar-refractivity contribution < 1.29 is 0 Å². The van der Waals surface area contributed by atoms with Crippen LogP contribution in [-0.4, -0.2) is 4.98 Å². The first-order chi connectivity index (χ1) is 9.45. The van der Waals surface area contributed by atoms with E-state index in [1.54, 1.807) is 11.3 Å². The molecule has 1 nitrogen and oxygen atoms in total. The molecule has 0 spiro atoms. The van der Waals surface area contributed by atoms with Gasteiger partial charge in [-0.05, 0) is 23.1 Å². The Morgan fingerprint density at radius 2 is 1.70 bits per heavy atom. The molecule has 3 heteroatoms. The van der Waals surface area contributed by atoms with Crippen LogP contribution in [0.2, 0.25) is 5.02 Å². The lowest BCUT2D eigenvalue weighted by atomic mass is 9.87. The zero-order chi connectivity index (χ0) is 14.3. The fraction of sp³-hybridized carbons (Fsp3) is 0.235. The van der Waals surface area contributed by atoms with Crippen molar-refractivity contribution in [3.8, 4) is 10.6 Å². The van der Waals surface area contributed by atoms with Crippen LogP contribution in [0.25, 0.3) is 20.8 Å². The minimum absolute atomic E-state index is 0.176. The summed E-state index contributed by atoms with van der Waals surface area (Å²) in [6.07, 6.45) is 0. The highest BCUT2D eigenvalue weighted by Gasteiger charge is 2.14. The molecule has 20 heavy (non-hydrogen) atoms. The number of aromatic nitrogens is 1. The quantitative estimate of drug-likeness (QED) is 0.544. The lowest BCUT2D eigenvalue weighted by molar-refractivity contribution is 0.590. The van der Waals surface area contributed by atoms with Crippen LogP contribution in [0.3, 0.4) is 0 Å². The third-order valence-electron chi connectivity index (χ3n) is 3.37. The van der Waals surface area contributed by atoms with Crippen LogP contribution in [0, 0.1) is 0 Å². The summed E-state index contributed by atoms with van der Waals surface area (Å²) in [4.78, 5) is 4.66. The summed E-state index contributed by atoms with van der Waals surface area (Å²) < 4.78 is 1.13. The van der Waals surface area contributed by atoms with E-state index in [9.17, 15) is 0 Å². The highest BCUT2D eigenvalue weighted by atomic mass is 35.5. The van der Waals surface area contributed by atoms with Crippen molar-refractivity contribution in [2.45, 2.75) is 26.2 Å². The number of thiazole rings is 1. The van der Waals surface area contributed by atoms with Crippen molar-refractivity contribution in [2.75, 3.05) is 0 Å². The molecule has 0 N–H and O–H groups in total. The minimum Gasteiger partial charge on any atom is -0.234 e. The summed E-state index contributed by atoms with van der Waals surface area (Å²) in [5.74, 6) is 0. The van der Waals surface area contributed by atoms with E-state index in [0.717, 1.165) is 25.8 Å². The molecular weight excluding hydrogens is 286 g/mol. The number of para-hydroxylation sites is 1. The largest absolute Gasteiger partial charge is 0.234 e. The topological polar surface area (TPSA) is 12.9 Å². The fourth-order valence-electron chi connectivity index (χ4n) is 2.15. The standard InChI is InChI=1S/C17H16ClNS/c1-17(2,3)12-9-7-11(8-10-12)16-19-15-13(18)5-4-6-14(15)20-16/h4-10H,1-3H3. The second-order valence-corrected chi connectivity index (χ2v) is 7.37. The van der Waals surface area contributed by atoms with E-state index in [1.165, 1.54) is 5.56 Å². The van der Waals surface area contributed by atoms with Crippen molar-refractivity contribution in [1.82, 2.24) is 4.98 Å².